The molecule has 2 aromatic heterocycles. The van der Waals surface area contributed by atoms with E-state index in [2.05, 4.69) is 10.3 Å². The minimum atomic E-state index is -0.989. The first-order chi connectivity index (χ1) is 12.4. The fourth-order valence-electron chi connectivity index (χ4n) is 2.64. The van der Waals surface area contributed by atoms with E-state index in [0.717, 1.165) is 16.9 Å². The average molecular weight is 371 g/mol. The van der Waals surface area contributed by atoms with Gasteiger partial charge in [0.15, 0.2) is 0 Å². The van der Waals surface area contributed by atoms with Crippen molar-refractivity contribution >= 4 is 39.1 Å². The summed E-state index contributed by atoms with van der Waals surface area (Å²) in [4.78, 5) is 41.1. The van der Waals surface area contributed by atoms with Gasteiger partial charge in [-0.3, -0.25) is 19.0 Å². The Kier molecular flexibility index (Phi) is 4.85. The second-order valence-electron chi connectivity index (χ2n) is 5.89. The number of carboxylic acids is 1. The quantitative estimate of drug-likeness (QED) is 0.718. The highest BCUT2D eigenvalue weighted by Crippen LogP contribution is 2.28. The number of hydrogen-bond donors (Lipinski definition) is 2. The number of carbonyl (C=O) groups excluding carboxylic acids is 1. The summed E-state index contributed by atoms with van der Waals surface area (Å²) in [6.07, 6.45) is 1.16. The van der Waals surface area contributed by atoms with Crippen molar-refractivity contribution in [3.8, 4) is 0 Å². The van der Waals surface area contributed by atoms with Crippen molar-refractivity contribution in [1.82, 2.24) is 9.55 Å². The van der Waals surface area contributed by atoms with Crippen molar-refractivity contribution in [2.45, 2.75) is 26.8 Å². The molecule has 26 heavy (non-hydrogen) atoms. The van der Waals surface area contributed by atoms with Gasteiger partial charge >= 0.3 is 5.97 Å². The van der Waals surface area contributed by atoms with Crippen LogP contribution in [-0.2, 0) is 11.3 Å². The molecule has 0 aliphatic heterocycles. The summed E-state index contributed by atoms with van der Waals surface area (Å²) < 4.78 is 1.26. The molecular weight excluding hydrogens is 354 g/mol. The predicted molar refractivity (Wildman–Crippen MR) is 100 cm³/mol. The van der Waals surface area contributed by atoms with Gasteiger partial charge in [-0.25, -0.2) is 4.98 Å². The number of nitrogens with one attached hydrogen (secondary N) is 1. The molecular formula is C18H17N3O4S. The lowest BCUT2D eigenvalue weighted by atomic mass is 10.2. The third-order valence-electron chi connectivity index (χ3n) is 4.08. The van der Waals surface area contributed by atoms with Crippen molar-refractivity contribution in [3.63, 3.8) is 0 Å². The molecule has 0 saturated carbocycles. The minimum absolute atomic E-state index is 0.0388. The molecule has 2 heterocycles. The number of para-hydroxylation sites is 1. The largest absolute Gasteiger partial charge is 0.481 e. The Bertz CT molecular complexity index is 1070. The summed E-state index contributed by atoms with van der Waals surface area (Å²) in [7, 11) is 0. The Morgan fingerprint density at radius 2 is 2.00 bits per heavy atom. The predicted octanol–water partition coefficient (Wildman–Crippen LogP) is 2.80. The number of aliphatic carboxylic acids is 1. The summed E-state index contributed by atoms with van der Waals surface area (Å²) in [5.74, 6) is -1.28. The molecule has 1 amide bonds. The fourth-order valence-corrected chi connectivity index (χ4v) is 3.68. The number of benzene rings is 1. The summed E-state index contributed by atoms with van der Waals surface area (Å²) in [5, 5.41) is 12.0. The van der Waals surface area contributed by atoms with Crippen molar-refractivity contribution in [3.05, 3.63) is 57.0 Å². The Morgan fingerprint density at radius 3 is 2.69 bits per heavy atom. The first kappa shape index (κ1) is 17.8. The van der Waals surface area contributed by atoms with Crippen LogP contribution < -0.4 is 10.9 Å². The van der Waals surface area contributed by atoms with Crippen LogP contribution in [0.4, 0.5) is 5.69 Å². The van der Waals surface area contributed by atoms with Gasteiger partial charge in [-0.1, -0.05) is 18.2 Å². The Balaban J connectivity index is 1.97. The van der Waals surface area contributed by atoms with Gasteiger partial charge in [0.25, 0.3) is 11.5 Å². The molecule has 3 aromatic rings. The molecule has 0 unspecified atom stereocenters. The molecule has 0 fully saturated rings. The second kappa shape index (κ2) is 7.09. The summed E-state index contributed by atoms with van der Waals surface area (Å²) in [5.41, 5.74) is 1.87. The van der Waals surface area contributed by atoms with E-state index in [-0.39, 0.29) is 24.4 Å². The maximum atomic E-state index is 12.7. The standard InChI is InChI=1S/C18H17N3O4S/c1-10-5-3-4-6-12(10)20-16(24)15-11(2)14-17(26-15)19-9-21(18(14)25)8-7-13(22)23/h3-6,9H,7-8H2,1-2H3,(H,20,24)(H,22,23). The number of amides is 1. The zero-order valence-corrected chi connectivity index (χ0v) is 15.1. The van der Waals surface area contributed by atoms with Crippen LogP contribution in [0.5, 0.6) is 0 Å². The highest BCUT2D eigenvalue weighted by Gasteiger charge is 2.20. The van der Waals surface area contributed by atoms with Gasteiger partial charge in [0.2, 0.25) is 0 Å². The number of aromatic nitrogens is 2. The Labute approximate surface area is 152 Å². The number of nitrogens with zero attached hydrogens (tertiary/aromatic N) is 2. The summed E-state index contributed by atoms with van der Waals surface area (Å²) in [6, 6.07) is 7.44. The zero-order chi connectivity index (χ0) is 18.8. The molecule has 0 atom stereocenters. The van der Waals surface area contributed by atoms with Crippen molar-refractivity contribution < 1.29 is 14.7 Å². The lowest BCUT2D eigenvalue weighted by Crippen LogP contribution is -2.22. The van der Waals surface area contributed by atoms with Gasteiger partial charge in [0.05, 0.1) is 23.0 Å². The highest BCUT2D eigenvalue weighted by molar-refractivity contribution is 7.20. The van der Waals surface area contributed by atoms with Crippen LogP contribution in [0.1, 0.15) is 27.2 Å². The van der Waals surface area contributed by atoms with Gasteiger partial charge in [-0.2, -0.15) is 0 Å². The van der Waals surface area contributed by atoms with Crippen molar-refractivity contribution in [2.24, 2.45) is 0 Å². The molecule has 0 bridgehead atoms. The normalized spacial score (nSPS) is 10.8. The minimum Gasteiger partial charge on any atom is -0.481 e. The summed E-state index contributed by atoms with van der Waals surface area (Å²) >= 11 is 1.15. The molecule has 1 aromatic carbocycles. The van der Waals surface area contributed by atoms with E-state index in [4.69, 9.17) is 5.11 Å². The molecule has 0 aliphatic rings. The SMILES string of the molecule is Cc1ccccc1NC(=O)c1sc2ncn(CCC(=O)O)c(=O)c2c1C. The lowest BCUT2D eigenvalue weighted by Gasteiger charge is -2.07. The zero-order valence-electron chi connectivity index (χ0n) is 14.3. The van der Waals surface area contributed by atoms with Crippen LogP contribution in [-0.4, -0.2) is 26.5 Å². The van der Waals surface area contributed by atoms with Crippen molar-refractivity contribution in [2.75, 3.05) is 5.32 Å². The number of thiophene rings is 1. The van der Waals surface area contributed by atoms with E-state index in [0.29, 0.717) is 26.3 Å². The maximum absolute atomic E-state index is 12.7. The Hall–Kier alpha value is -3.00. The fraction of sp³-hybridized carbons (Fsp3) is 0.222. The molecule has 0 radical (unpaired) electrons. The van der Waals surface area contributed by atoms with Crippen LogP contribution in [0.2, 0.25) is 0 Å². The lowest BCUT2D eigenvalue weighted by molar-refractivity contribution is -0.137. The molecule has 8 heteroatoms. The van der Waals surface area contributed by atoms with Gasteiger partial charge < -0.3 is 10.4 Å². The number of carboxylic acid groups (broad SMARTS) is 1. The maximum Gasteiger partial charge on any atom is 0.305 e. The first-order valence-electron chi connectivity index (χ1n) is 7.95. The van der Waals surface area contributed by atoms with Crippen LogP contribution >= 0.6 is 11.3 Å². The van der Waals surface area contributed by atoms with Crippen molar-refractivity contribution in [1.29, 1.82) is 0 Å². The van der Waals surface area contributed by atoms with Gasteiger partial charge in [0.1, 0.15) is 4.83 Å². The molecule has 0 spiro atoms. The number of fused-ring (bicyclic) bond motifs is 1. The average Bonchev–Trinajstić information content (AvgIpc) is 2.94. The van der Waals surface area contributed by atoms with Crippen LogP contribution in [0.3, 0.4) is 0 Å². The van der Waals surface area contributed by atoms with E-state index in [1.165, 1.54) is 10.9 Å². The summed E-state index contributed by atoms with van der Waals surface area (Å²) in [6.45, 7) is 3.64. The second-order valence-corrected chi connectivity index (χ2v) is 6.89. The highest BCUT2D eigenvalue weighted by atomic mass is 32.1. The topological polar surface area (TPSA) is 101 Å². The third-order valence-corrected chi connectivity index (χ3v) is 5.28. The smallest absolute Gasteiger partial charge is 0.305 e. The molecule has 0 saturated heterocycles. The van der Waals surface area contributed by atoms with E-state index in [9.17, 15) is 14.4 Å². The van der Waals surface area contributed by atoms with Crippen LogP contribution in [0, 0.1) is 13.8 Å². The molecule has 0 aliphatic carbocycles. The van der Waals surface area contributed by atoms with Gasteiger partial charge in [-0.05, 0) is 31.0 Å². The third kappa shape index (κ3) is 3.36. The number of rotatable bonds is 5. The van der Waals surface area contributed by atoms with E-state index in [1.807, 2.05) is 31.2 Å². The van der Waals surface area contributed by atoms with E-state index >= 15 is 0 Å². The molecule has 134 valence electrons. The van der Waals surface area contributed by atoms with Gasteiger partial charge in [0, 0.05) is 12.2 Å². The van der Waals surface area contributed by atoms with E-state index in [1.54, 1.807) is 6.92 Å². The van der Waals surface area contributed by atoms with Crippen LogP contribution in [0.15, 0.2) is 35.4 Å². The molecule has 2 N–H and O–H groups in total. The first-order valence-corrected chi connectivity index (χ1v) is 8.77. The monoisotopic (exact) mass is 371 g/mol. The van der Waals surface area contributed by atoms with E-state index < -0.39 is 5.97 Å². The molecule has 3 rings (SSSR count). The number of carbonyl (C=O) groups is 2. The number of hydrogen-bond acceptors (Lipinski definition) is 5. The Morgan fingerprint density at radius 1 is 1.27 bits per heavy atom. The number of aryl methyl sites for hydroxylation is 3. The van der Waals surface area contributed by atoms with Crippen LogP contribution in [0.25, 0.3) is 10.2 Å². The molecule has 7 nitrogen and oxygen atoms in total. The number of anilines is 1. The van der Waals surface area contributed by atoms with Gasteiger partial charge in [-0.15, -0.1) is 11.3 Å².